The Hall–Kier alpha value is -3.31. The molecule has 0 aliphatic rings. The number of nitriles is 1. The van der Waals surface area contributed by atoms with Gasteiger partial charge in [-0.15, -0.1) is 0 Å². The van der Waals surface area contributed by atoms with Gasteiger partial charge in [-0.25, -0.2) is 19.0 Å². The van der Waals surface area contributed by atoms with Gasteiger partial charge in [0.05, 0.1) is 6.07 Å². The molecule has 0 spiro atoms. The molecule has 0 aliphatic heterocycles. The summed E-state index contributed by atoms with van der Waals surface area (Å²) in [7, 11) is 0. The molecular weight excluding hydrogens is 391 g/mol. The van der Waals surface area contributed by atoms with E-state index < -0.39 is 23.7 Å². The first-order valence-electron chi connectivity index (χ1n) is 9.03. The van der Waals surface area contributed by atoms with Crippen LogP contribution in [0.25, 0.3) is 0 Å². The number of hydrazone groups is 1. The van der Waals surface area contributed by atoms with Crippen LogP contribution in [-0.4, -0.2) is 17.3 Å². The van der Waals surface area contributed by atoms with Gasteiger partial charge >= 0.3 is 0 Å². The van der Waals surface area contributed by atoms with Gasteiger partial charge in [-0.2, -0.15) is 10.4 Å². The summed E-state index contributed by atoms with van der Waals surface area (Å²) < 4.78 is 45.4. The Morgan fingerprint density at radius 2 is 2.03 bits per heavy atom. The molecule has 1 atom stereocenters. The first-order valence-corrected chi connectivity index (χ1v) is 9.03. The predicted molar refractivity (Wildman–Crippen MR) is 114 cm³/mol. The minimum absolute atomic E-state index is 0.291. The Morgan fingerprint density at radius 1 is 1.37 bits per heavy atom. The Labute approximate surface area is 175 Å². The largest absolute Gasteiger partial charge is 0.322 e. The quantitative estimate of drug-likeness (QED) is 0.154. The van der Waals surface area contributed by atoms with E-state index in [0.717, 1.165) is 19.3 Å². The average molecular weight is 417 g/mol. The number of halogens is 3. The van der Waals surface area contributed by atoms with Gasteiger partial charge in [0.2, 0.25) is 0 Å². The predicted octanol–water partition coefficient (Wildman–Crippen LogP) is 4.59. The van der Waals surface area contributed by atoms with Gasteiger partial charge in [0.15, 0.2) is 0 Å². The zero-order chi connectivity index (χ0) is 22.9. The highest BCUT2D eigenvalue weighted by molar-refractivity contribution is 5.56. The van der Waals surface area contributed by atoms with Crippen molar-refractivity contribution in [2.24, 2.45) is 16.8 Å². The number of hydrazine groups is 1. The lowest BCUT2D eigenvalue weighted by atomic mass is 9.82. The standard InChI is InChI=1S/C22H26F3N5/c1-5-18(10-8-17(3)14-26)7-6-12-22(24,25)21(4,30(28)15-29-27)19-11-9-16(2)13-20(19)23/h5-11,13,15H,1,12,27-28H2,2-4H3/b7-6-,17-8+,18-10+,29-15-. The fraction of sp³-hybridized carbons (Fsp3) is 0.273. The van der Waals surface area contributed by atoms with E-state index in [2.05, 4.69) is 11.7 Å². The molecule has 160 valence electrons. The van der Waals surface area contributed by atoms with Crippen molar-refractivity contribution in [3.63, 3.8) is 0 Å². The first kappa shape index (κ1) is 24.7. The maximum atomic E-state index is 15.4. The zero-order valence-corrected chi connectivity index (χ0v) is 17.2. The Balaban J connectivity index is 3.36. The summed E-state index contributed by atoms with van der Waals surface area (Å²) in [5.41, 5.74) is -1.000. The molecule has 0 fully saturated rings. The van der Waals surface area contributed by atoms with Crippen LogP contribution in [0, 0.1) is 24.1 Å². The molecule has 0 heterocycles. The van der Waals surface area contributed by atoms with E-state index in [1.165, 1.54) is 30.4 Å². The van der Waals surface area contributed by atoms with Crippen molar-refractivity contribution >= 4 is 6.34 Å². The van der Waals surface area contributed by atoms with Crippen LogP contribution in [0.15, 0.2) is 71.4 Å². The molecule has 1 aromatic carbocycles. The molecule has 0 aromatic heterocycles. The van der Waals surface area contributed by atoms with Gasteiger partial charge in [-0.1, -0.05) is 43.0 Å². The number of hydrogen-bond donors (Lipinski definition) is 2. The van der Waals surface area contributed by atoms with Crippen LogP contribution in [0.2, 0.25) is 0 Å². The van der Waals surface area contributed by atoms with E-state index in [1.54, 1.807) is 26.0 Å². The van der Waals surface area contributed by atoms with Crippen LogP contribution in [0.5, 0.6) is 0 Å². The fourth-order valence-corrected chi connectivity index (χ4v) is 2.72. The topological polar surface area (TPSA) is 91.4 Å². The van der Waals surface area contributed by atoms with Gasteiger partial charge < -0.3 is 5.84 Å². The molecule has 0 saturated heterocycles. The van der Waals surface area contributed by atoms with E-state index in [1.807, 2.05) is 6.07 Å². The maximum absolute atomic E-state index is 15.4. The van der Waals surface area contributed by atoms with E-state index in [0.29, 0.717) is 21.7 Å². The van der Waals surface area contributed by atoms with Gasteiger partial charge in [0.25, 0.3) is 5.92 Å². The van der Waals surface area contributed by atoms with Gasteiger partial charge in [-0.05, 0) is 44.1 Å². The molecule has 0 radical (unpaired) electrons. The lowest BCUT2D eigenvalue weighted by Crippen LogP contribution is -2.58. The summed E-state index contributed by atoms with van der Waals surface area (Å²) in [5.74, 6) is 6.57. The van der Waals surface area contributed by atoms with E-state index in [9.17, 15) is 4.39 Å². The molecular formula is C22H26F3N5. The normalized spacial score (nSPS) is 15.3. The highest BCUT2D eigenvalue weighted by Gasteiger charge is 2.54. The van der Waals surface area contributed by atoms with Crippen LogP contribution >= 0.6 is 0 Å². The van der Waals surface area contributed by atoms with Gasteiger partial charge in [0.1, 0.15) is 17.7 Å². The number of nitrogens with two attached hydrogens (primary N) is 2. The molecule has 1 rings (SSSR count). The molecule has 8 heteroatoms. The monoisotopic (exact) mass is 417 g/mol. The Kier molecular flexibility index (Phi) is 8.62. The summed E-state index contributed by atoms with van der Waals surface area (Å²) in [6.45, 7) is 8.01. The molecule has 30 heavy (non-hydrogen) atoms. The SMILES string of the molecule is C=CC(/C=C\CC(F)(F)C(C)(c1ccc(C)cc1F)N(N)/C=N\N)=C\C=C(/C)C#N. The van der Waals surface area contributed by atoms with Crippen molar-refractivity contribution in [2.75, 3.05) is 0 Å². The van der Waals surface area contributed by atoms with Crippen LogP contribution in [-0.2, 0) is 5.54 Å². The second-order valence-corrected chi connectivity index (χ2v) is 6.87. The molecule has 0 amide bonds. The highest BCUT2D eigenvalue weighted by atomic mass is 19.3. The Bertz CT molecular complexity index is 925. The number of aryl methyl sites for hydroxylation is 1. The van der Waals surface area contributed by atoms with E-state index in [-0.39, 0.29) is 5.56 Å². The van der Waals surface area contributed by atoms with E-state index >= 15 is 8.78 Å². The van der Waals surface area contributed by atoms with Crippen molar-refractivity contribution in [1.29, 1.82) is 5.26 Å². The van der Waals surface area contributed by atoms with Crippen LogP contribution < -0.4 is 11.7 Å². The number of allylic oxidation sites excluding steroid dienone is 7. The molecule has 1 aromatic rings. The van der Waals surface area contributed by atoms with Gasteiger partial charge in [-0.3, -0.25) is 5.01 Å². The molecule has 5 nitrogen and oxygen atoms in total. The highest BCUT2D eigenvalue weighted by Crippen LogP contribution is 2.44. The summed E-state index contributed by atoms with van der Waals surface area (Å²) >= 11 is 0. The summed E-state index contributed by atoms with van der Waals surface area (Å²) in [5, 5.41) is 12.6. The minimum atomic E-state index is -3.51. The molecule has 0 saturated carbocycles. The molecule has 0 aliphatic carbocycles. The number of alkyl halides is 2. The van der Waals surface area contributed by atoms with Crippen LogP contribution in [0.4, 0.5) is 13.2 Å². The molecule has 4 N–H and O–H groups in total. The average Bonchev–Trinajstić information content (AvgIpc) is 2.69. The van der Waals surface area contributed by atoms with Crippen molar-refractivity contribution in [3.8, 4) is 6.07 Å². The van der Waals surface area contributed by atoms with Crippen molar-refractivity contribution in [1.82, 2.24) is 5.01 Å². The lowest BCUT2D eigenvalue weighted by molar-refractivity contribution is -0.121. The summed E-state index contributed by atoms with van der Waals surface area (Å²) in [6.07, 6.45) is 7.33. The summed E-state index contributed by atoms with van der Waals surface area (Å²) in [6, 6.07) is 5.92. The third kappa shape index (κ3) is 5.61. The second kappa shape index (κ2) is 10.5. The van der Waals surface area contributed by atoms with Crippen LogP contribution in [0.1, 0.15) is 31.4 Å². The number of benzene rings is 1. The number of rotatable bonds is 9. The Morgan fingerprint density at radius 3 is 2.57 bits per heavy atom. The lowest BCUT2D eigenvalue weighted by Gasteiger charge is -2.42. The molecule has 1 unspecified atom stereocenters. The van der Waals surface area contributed by atoms with Gasteiger partial charge in [0, 0.05) is 17.6 Å². The summed E-state index contributed by atoms with van der Waals surface area (Å²) in [4.78, 5) is 0. The minimum Gasteiger partial charge on any atom is -0.322 e. The third-order valence-corrected chi connectivity index (χ3v) is 4.69. The number of nitrogens with zero attached hydrogens (tertiary/aromatic N) is 3. The maximum Gasteiger partial charge on any atom is 0.279 e. The van der Waals surface area contributed by atoms with Crippen LogP contribution in [0.3, 0.4) is 0 Å². The third-order valence-electron chi connectivity index (χ3n) is 4.69. The van der Waals surface area contributed by atoms with E-state index in [4.69, 9.17) is 16.9 Å². The fourth-order valence-electron chi connectivity index (χ4n) is 2.72. The number of hydrogen-bond acceptors (Lipinski definition) is 4. The smallest absolute Gasteiger partial charge is 0.279 e. The van der Waals surface area contributed by atoms with Crippen molar-refractivity contribution < 1.29 is 13.2 Å². The van der Waals surface area contributed by atoms with Crippen molar-refractivity contribution in [3.05, 3.63) is 83.2 Å². The first-order chi connectivity index (χ1) is 14.0. The molecule has 0 bridgehead atoms. The van der Waals surface area contributed by atoms with Crippen molar-refractivity contribution in [2.45, 2.75) is 38.7 Å². The zero-order valence-electron chi connectivity index (χ0n) is 17.2. The second-order valence-electron chi connectivity index (χ2n) is 6.87.